The molecule has 2 aliphatic rings. The molecule has 2 saturated heterocycles. The number of rotatable bonds is 5. The Balaban J connectivity index is 1.74. The second-order valence-electron chi connectivity index (χ2n) is 7.33. The van der Waals surface area contributed by atoms with E-state index in [0.29, 0.717) is 25.3 Å². The number of ether oxygens (including phenoxy) is 1. The van der Waals surface area contributed by atoms with Crippen molar-refractivity contribution in [3.63, 3.8) is 0 Å². The Morgan fingerprint density at radius 1 is 1.00 bits per heavy atom. The Bertz CT molecular complexity index is 970. The highest BCUT2D eigenvalue weighted by atomic mass is 19.1. The molecule has 2 aromatic carbocycles. The number of hydrogen-bond donors (Lipinski definition) is 1. The van der Waals surface area contributed by atoms with Gasteiger partial charge in [0.1, 0.15) is 11.6 Å². The summed E-state index contributed by atoms with van der Waals surface area (Å²) < 4.78 is 20.1. The third-order valence-corrected chi connectivity index (χ3v) is 5.55. The standard InChI is InChI=1S/C23H23FN2O4/c24-18-9-5-4-8-17(18)20-19(21(27)16-6-2-1-3-7-16)22(28)23(29)26(20)11-10-25-12-14-30-15-13-25/h1-9,20,27H,10-15H2/b21-19+/t20-/m0/s1. The normalized spacial score (nSPS) is 21.9. The molecule has 1 amide bonds. The minimum atomic E-state index is -0.979. The minimum absolute atomic E-state index is 0.0849. The van der Waals surface area contributed by atoms with Gasteiger partial charge in [0, 0.05) is 37.3 Å². The van der Waals surface area contributed by atoms with E-state index in [0.717, 1.165) is 13.1 Å². The molecule has 0 radical (unpaired) electrons. The molecule has 156 valence electrons. The number of aliphatic hydroxyl groups is 1. The fourth-order valence-electron chi connectivity index (χ4n) is 3.96. The van der Waals surface area contributed by atoms with Crippen LogP contribution in [0.3, 0.4) is 0 Å². The molecule has 7 heteroatoms. The molecule has 2 heterocycles. The maximum atomic E-state index is 14.7. The molecule has 0 unspecified atom stereocenters. The van der Waals surface area contributed by atoms with Gasteiger partial charge in [0.2, 0.25) is 0 Å². The number of hydrogen-bond acceptors (Lipinski definition) is 5. The number of nitrogens with zero attached hydrogens (tertiary/aromatic N) is 2. The topological polar surface area (TPSA) is 70.1 Å². The summed E-state index contributed by atoms with van der Waals surface area (Å²) in [5.41, 5.74) is 0.513. The summed E-state index contributed by atoms with van der Waals surface area (Å²) in [6, 6.07) is 13.6. The highest BCUT2D eigenvalue weighted by Gasteiger charge is 2.46. The van der Waals surface area contributed by atoms with Crippen molar-refractivity contribution in [2.24, 2.45) is 0 Å². The Morgan fingerprint density at radius 3 is 2.37 bits per heavy atom. The lowest BCUT2D eigenvalue weighted by molar-refractivity contribution is -0.140. The van der Waals surface area contributed by atoms with Gasteiger partial charge in [0.25, 0.3) is 11.7 Å². The highest BCUT2D eigenvalue weighted by molar-refractivity contribution is 6.46. The number of aliphatic hydroxyl groups excluding tert-OH is 1. The van der Waals surface area contributed by atoms with Gasteiger partial charge in [-0.3, -0.25) is 14.5 Å². The second kappa shape index (κ2) is 8.77. The summed E-state index contributed by atoms with van der Waals surface area (Å²) in [6.07, 6.45) is 0. The lowest BCUT2D eigenvalue weighted by atomic mass is 9.95. The van der Waals surface area contributed by atoms with Crippen LogP contribution in [0.15, 0.2) is 60.2 Å². The van der Waals surface area contributed by atoms with Gasteiger partial charge in [-0.2, -0.15) is 0 Å². The van der Waals surface area contributed by atoms with Crippen molar-refractivity contribution in [2.75, 3.05) is 39.4 Å². The van der Waals surface area contributed by atoms with E-state index in [2.05, 4.69) is 4.90 Å². The number of benzene rings is 2. The second-order valence-corrected chi connectivity index (χ2v) is 7.33. The minimum Gasteiger partial charge on any atom is -0.507 e. The summed E-state index contributed by atoms with van der Waals surface area (Å²) >= 11 is 0. The quantitative estimate of drug-likeness (QED) is 0.466. The lowest BCUT2D eigenvalue weighted by Crippen LogP contribution is -2.42. The molecular weight excluding hydrogens is 387 g/mol. The predicted molar refractivity (Wildman–Crippen MR) is 109 cm³/mol. The summed E-state index contributed by atoms with van der Waals surface area (Å²) in [5.74, 6) is -2.35. The lowest BCUT2D eigenvalue weighted by Gasteiger charge is -2.31. The summed E-state index contributed by atoms with van der Waals surface area (Å²) in [5, 5.41) is 10.9. The number of carbonyl (C=O) groups is 2. The zero-order valence-corrected chi connectivity index (χ0v) is 16.5. The van der Waals surface area contributed by atoms with Gasteiger partial charge in [-0.15, -0.1) is 0 Å². The van der Waals surface area contributed by atoms with Crippen molar-refractivity contribution in [1.82, 2.24) is 9.80 Å². The molecule has 30 heavy (non-hydrogen) atoms. The van der Waals surface area contributed by atoms with Crippen molar-refractivity contribution < 1.29 is 23.8 Å². The van der Waals surface area contributed by atoms with Crippen LogP contribution in [-0.2, 0) is 14.3 Å². The maximum absolute atomic E-state index is 14.7. The smallest absolute Gasteiger partial charge is 0.295 e. The molecule has 1 N–H and O–H groups in total. The van der Waals surface area contributed by atoms with Crippen LogP contribution in [0.2, 0.25) is 0 Å². The summed E-state index contributed by atoms with van der Waals surface area (Å²) in [6.45, 7) is 3.48. The van der Waals surface area contributed by atoms with Crippen LogP contribution in [0.4, 0.5) is 4.39 Å². The molecule has 0 saturated carbocycles. The van der Waals surface area contributed by atoms with E-state index in [1.165, 1.54) is 11.0 Å². The molecule has 1 atom stereocenters. The number of halogens is 1. The Kier molecular flexibility index (Phi) is 5.92. The Labute approximate surface area is 174 Å². The summed E-state index contributed by atoms with van der Waals surface area (Å²) in [4.78, 5) is 29.3. The van der Waals surface area contributed by atoms with E-state index >= 15 is 0 Å². The van der Waals surface area contributed by atoms with Gasteiger partial charge in [0.15, 0.2) is 0 Å². The largest absolute Gasteiger partial charge is 0.507 e. The zero-order chi connectivity index (χ0) is 21.1. The zero-order valence-electron chi connectivity index (χ0n) is 16.5. The van der Waals surface area contributed by atoms with Crippen LogP contribution < -0.4 is 0 Å². The van der Waals surface area contributed by atoms with Crippen LogP contribution in [0.25, 0.3) is 5.76 Å². The first-order chi connectivity index (χ1) is 14.6. The van der Waals surface area contributed by atoms with Crippen molar-refractivity contribution in [3.8, 4) is 0 Å². The summed E-state index contributed by atoms with van der Waals surface area (Å²) in [7, 11) is 0. The molecule has 0 aliphatic carbocycles. The van der Waals surface area contributed by atoms with Gasteiger partial charge < -0.3 is 14.7 Å². The average molecular weight is 410 g/mol. The van der Waals surface area contributed by atoms with Gasteiger partial charge in [0.05, 0.1) is 24.8 Å². The predicted octanol–water partition coefficient (Wildman–Crippen LogP) is 2.58. The number of amides is 1. The van der Waals surface area contributed by atoms with Crippen LogP contribution in [0.1, 0.15) is 17.2 Å². The van der Waals surface area contributed by atoms with Crippen molar-refractivity contribution >= 4 is 17.4 Å². The first kappa shape index (κ1) is 20.3. The van der Waals surface area contributed by atoms with Gasteiger partial charge in [-0.1, -0.05) is 48.5 Å². The Hall–Kier alpha value is -3.03. The van der Waals surface area contributed by atoms with E-state index in [-0.39, 0.29) is 23.4 Å². The first-order valence-electron chi connectivity index (χ1n) is 9.96. The molecular formula is C23H23FN2O4. The van der Waals surface area contributed by atoms with E-state index in [1.54, 1.807) is 48.5 Å². The van der Waals surface area contributed by atoms with Crippen LogP contribution in [0.5, 0.6) is 0 Å². The molecule has 2 fully saturated rings. The number of carbonyl (C=O) groups excluding carboxylic acids is 2. The number of Topliss-reactive ketones (excluding diaryl/α,β-unsaturated/α-hetero) is 1. The van der Waals surface area contributed by atoms with Gasteiger partial charge in [-0.25, -0.2) is 4.39 Å². The third-order valence-electron chi connectivity index (χ3n) is 5.55. The van der Waals surface area contributed by atoms with Crippen molar-refractivity contribution in [1.29, 1.82) is 0 Å². The number of morpholine rings is 1. The fraction of sp³-hybridized carbons (Fsp3) is 0.304. The average Bonchev–Trinajstić information content (AvgIpc) is 3.03. The SMILES string of the molecule is O=C1C(=O)N(CCN2CCOCC2)[C@@H](c2ccccc2F)/C1=C(\O)c1ccccc1. The van der Waals surface area contributed by atoms with E-state index in [9.17, 15) is 19.1 Å². The van der Waals surface area contributed by atoms with Crippen LogP contribution in [0, 0.1) is 5.82 Å². The monoisotopic (exact) mass is 410 g/mol. The van der Waals surface area contributed by atoms with Crippen molar-refractivity contribution in [2.45, 2.75) is 6.04 Å². The molecule has 0 spiro atoms. The molecule has 4 rings (SSSR count). The third kappa shape index (κ3) is 3.86. The molecule has 2 aliphatic heterocycles. The van der Waals surface area contributed by atoms with E-state index in [1.807, 2.05) is 0 Å². The number of likely N-dealkylation sites (tertiary alicyclic amines) is 1. The maximum Gasteiger partial charge on any atom is 0.295 e. The van der Waals surface area contributed by atoms with Gasteiger partial charge >= 0.3 is 0 Å². The number of ketones is 1. The Morgan fingerprint density at radius 2 is 1.67 bits per heavy atom. The molecule has 2 aromatic rings. The van der Waals surface area contributed by atoms with Gasteiger partial charge in [-0.05, 0) is 6.07 Å². The molecule has 0 aromatic heterocycles. The van der Waals surface area contributed by atoms with E-state index in [4.69, 9.17) is 4.74 Å². The fourth-order valence-corrected chi connectivity index (χ4v) is 3.96. The molecule has 0 bridgehead atoms. The van der Waals surface area contributed by atoms with E-state index < -0.39 is 23.5 Å². The van der Waals surface area contributed by atoms with Crippen LogP contribution >= 0.6 is 0 Å². The van der Waals surface area contributed by atoms with Crippen LogP contribution in [-0.4, -0.2) is 66.0 Å². The highest BCUT2D eigenvalue weighted by Crippen LogP contribution is 2.40. The van der Waals surface area contributed by atoms with Crippen molar-refractivity contribution in [3.05, 3.63) is 77.1 Å². The molecule has 6 nitrogen and oxygen atoms in total. The first-order valence-corrected chi connectivity index (χ1v) is 9.96.